The Bertz CT molecular complexity index is 645. The first-order chi connectivity index (χ1) is 10.2. The first-order valence-corrected chi connectivity index (χ1v) is 6.78. The van der Waals surface area contributed by atoms with Gasteiger partial charge in [0.05, 0.1) is 12.2 Å². The minimum Gasteiger partial charge on any atom is -0.482 e. The summed E-state index contributed by atoms with van der Waals surface area (Å²) in [7, 11) is 0. The molecule has 1 amide bonds. The lowest BCUT2D eigenvalue weighted by Gasteiger charge is -2.20. The lowest BCUT2D eigenvalue weighted by molar-refractivity contribution is -0.118. The lowest BCUT2D eigenvalue weighted by atomic mass is 10.1. The van der Waals surface area contributed by atoms with E-state index in [1.165, 1.54) is 0 Å². The van der Waals surface area contributed by atoms with E-state index in [0.717, 1.165) is 11.4 Å². The quantitative estimate of drug-likeness (QED) is 0.893. The monoisotopic (exact) mass is 284 g/mol. The summed E-state index contributed by atoms with van der Waals surface area (Å²) in [5, 5.41) is 6.17. The number of nitrogens with one attached hydrogen (secondary N) is 2. The van der Waals surface area contributed by atoms with Gasteiger partial charge in [-0.15, -0.1) is 0 Å². The number of carbonyl (C=O) groups excluding carboxylic acids is 1. The average molecular weight is 284 g/mol. The minimum atomic E-state index is -0.127. The van der Waals surface area contributed by atoms with Gasteiger partial charge in [0.1, 0.15) is 11.6 Å². The number of fused-ring (bicyclic) bond motifs is 1. The molecule has 3 rings (SSSR count). The molecule has 0 saturated carbocycles. The molecule has 6 nitrogen and oxygen atoms in total. The van der Waals surface area contributed by atoms with Crippen molar-refractivity contribution in [2.24, 2.45) is 0 Å². The smallest absolute Gasteiger partial charge is 0.262 e. The van der Waals surface area contributed by atoms with Gasteiger partial charge < -0.3 is 15.4 Å². The normalized spacial score (nSPS) is 14.8. The minimum absolute atomic E-state index is 0.0749. The van der Waals surface area contributed by atoms with Crippen LogP contribution in [-0.2, 0) is 11.3 Å². The second-order valence-electron chi connectivity index (χ2n) is 4.86. The van der Waals surface area contributed by atoms with E-state index in [-0.39, 0.29) is 18.6 Å². The molecule has 0 saturated heterocycles. The van der Waals surface area contributed by atoms with Gasteiger partial charge in [-0.1, -0.05) is 6.07 Å². The number of hydrogen-bond donors (Lipinski definition) is 2. The summed E-state index contributed by atoms with van der Waals surface area (Å²) >= 11 is 0. The van der Waals surface area contributed by atoms with Crippen molar-refractivity contribution >= 4 is 11.6 Å². The highest BCUT2D eigenvalue weighted by molar-refractivity contribution is 5.95. The van der Waals surface area contributed by atoms with E-state index in [9.17, 15) is 4.79 Å². The van der Waals surface area contributed by atoms with Crippen molar-refractivity contribution in [2.75, 3.05) is 11.9 Å². The zero-order chi connectivity index (χ0) is 14.7. The van der Waals surface area contributed by atoms with Gasteiger partial charge in [-0.3, -0.25) is 4.79 Å². The summed E-state index contributed by atoms with van der Waals surface area (Å²) in [6, 6.07) is 7.69. The molecule has 1 aliphatic rings. The highest BCUT2D eigenvalue weighted by Gasteiger charge is 2.17. The third-order valence-electron chi connectivity index (χ3n) is 3.32. The van der Waals surface area contributed by atoms with Gasteiger partial charge in [-0.2, -0.15) is 0 Å². The molecule has 0 bridgehead atoms. The molecule has 2 aromatic rings. The molecule has 2 N–H and O–H groups in total. The summed E-state index contributed by atoms with van der Waals surface area (Å²) in [5.41, 5.74) is 1.78. The number of rotatable bonds is 4. The molecular formula is C15H16N4O2. The number of anilines is 1. The molecular weight excluding hydrogens is 268 g/mol. The second-order valence-corrected chi connectivity index (χ2v) is 4.86. The van der Waals surface area contributed by atoms with Crippen LogP contribution in [-0.4, -0.2) is 22.5 Å². The second kappa shape index (κ2) is 5.88. The lowest BCUT2D eigenvalue weighted by Crippen LogP contribution is -2.26. The van der Waals surface area contributed by atoms with Crippen LogP contribution in [0.1, 0.15) is 24.4 Å². The van der Waals surface area contributed by atoms with Gasteiger partial charge >= 0.3 is 0 Å². The van der Waals surface area contributed by atoms with Gasteiger partial charge in [0.25, 0.3) is 5.91 Å². The molecule has 1 aromatic heterocycles. The third kappa shape index (κ3) is 3.17. The van der Waals surface area contributed by atoms with Crippen molar-refractivity contribution in [3.05, 3.63) is 48.0 Å². The average Bonchev–Trinajstić information content (AvgIpc) is 2.53. The Morgan fingerprint density at radius 2 is 2.19 bits per heavy atom. The predicted molar refractivity (Wildman–Crippen MR) is 77.9 cm³/mol. The number of amides is 1. The number of ether oxygens (including phenoxy) is 1. The van der Waals surface area contributed by atoms with E-state index in [2.05, 4.69) is 27.5 Å². The fourth-order valence-electron chi connectivity index (χ4n) is 2.15. The number of aromatic nitrogens is 2. The summed E-state index contributed by atoms with van der Waals surface area (Å²) in [6.45, 7) is 2.71. The fraction of sp³-hybridized carbons (Fsp3) is 0.267. The van der Waals surface area contributed by atoms with Crippen LogP contribution in [0.3, 0.4) is 0 Å². The molecule has 1 aliphatic heterocycles. The highest BCUT2D eigenvalue weighted by Crippen LogP contribution is 2.30. The van der Waals surface area contributed by atoms with Crippen LogP contribution in [0.15, 0.2) is 36.7 Å². The molecule has 6 heteroatoms. The maximum atomic E-state index is 11.3. The zero-order valence-corrected chi connectivity index (χ0v) is 11.7. The van der Waals surface area contributed by atoms with Crippen LogP contribution < -0.4 is 15.4 Å². The van der Waals surface area contributed by atoms with Gasteiger partial charge in [-0.05, 0) is 30.7 Å². The molecule has 0 radical (unpaired) electrons. The Morgan fingerprint density at radius 3 is 3.00 bits per heavy atom. The first-order valence-electron chi connectivity index (χ1n) is 6.78. The van der Waals surface area contributed by atoms with Crippen molar-refractivity contribution < 1.29 is 9.53 Å². The number of benzene rings is 1. The Kier molecular flexibility index (Phi) is 3.79. The maximum Gasteiger partial charge on any atom is 0.262 e. The van der Waals surface area contributed by atoms with Crippen molar-refractivity contribution in [1.29, 1.82) is 0 Å². The van der Waals surface area contributed by atoms with E-state index in [1.54, 1.807) is 18.5 Å². The Hall–Kier alpha value is -2.47. The van der Waals surface area contributed by atoms with Crippen molar-refractivity contribution in [1.82, 2.24) is 15.3 Å². The van der Waals surface area contributed by atoms with Crippen LogP contribution in [0.5, 0.6) is 5.75 Å². The van der Waals surface area contributed by atoms with E-state index in [4.69, 9.17) is 4.74 Å². The SMILES string of the molecule is CC(NCc1ncccn1)c1ccc2c(c1)NC(=O)CO2. The Balaban J connectivity index is 1.69. The van der Waals surface area contributed by atoms with Crippen molar-refractivity contribution in [2.45, 2.75) is 19.5 Å². The van der Waals surface area contributed by atoms with Crippen molar-refractivity contribution in [3.63, 3.8) is 0 Å². The molecule has 108 valence electrons. The molecule has 1 unspecified atom stereocenters. The first kappa shape index (κ1) is 13.5. The molecule has 1 atom stereocenters. The standard InChI is InChI=1S/C15H16N4O2/c1-10(18-8-14-16-5-2-6-17-14)11-3-4-13-12(7-11)19-15(20)9-21-13/h2-7,10,18H,8-9H2,1H3,(H,19,20). The third-order valence-corrected chi connectivity index (χ3v) is 3.32. The van der Waals surface area contributed by atoms with Crippen LogP contribution in [0.2, 0.25) is 0 Å². The molecule has 0 fully saturated rings. The molecule has 0 aliphatic carbocycles. The number of hydrogen-bond acceptors (Lipinski definition) is 5. The van der Waals surface area contributed by atoms with Crippen LogP contribution >= 0.6 is 0 Å². The van der Waals surface area contributed by atoms with Gasteiger partial charge in [0.2, 0.25) is 0 Å². The molecule has 21 heavy (non-hydrogen) atoms. The summed E-state index contributed by atoms with van der Waals surface area (Å²) in [6.07, 6.45) is 3.45. The van der Waals surface area contributed by atoms with E-state index >= 15 is 0 Å². The summed E-state index contributed by atoms with van der Waals surface area (Å²) in [4.78, 5) is 19.7. The van der Waals surface area contributed by atoms with Crippen LogP contribution in [0.4, 0.5) is 5.69 Å². The Labute approximate surface area is 122 Å². The fourth-order valence-corrected chi connectivity index (χ4v) is 2.15. The maximum absolute atomic E-state index is 11.3. The van der Waals surface area contributed by atoms with Gasteiger partial charge in [-0.25, -0.2) is 9.97 Å². The Morgan fingerprint density at radius 1 is 1.38 bits per heavy atom. The molecule has 0 spiro atoms. The van der Waals surface area contributed by atoms with Crippen LogP contribution in [0.25, 0.3) is 0 Å². The van der Waals surface area contributed by atoms with E-state index in [0.29, 0.717) is 18.0 Å². The van der Waals surface area contributed by atoms with Crippen LogP contribution in [0, 0.1) is 0 Å². The zero-order valence-electron chi connectivity index (χ0n) is 11.7. The van der Waals surface area contributed by atoms with Gasteiger partial charge in [0.15, 0.2) is 6.61 Å². The topological polar surface area (TPSA) is 76.1 Å². The number of nitrogens with zero attached hydrogens (tertiary/aromatic N) is 2. The summed E-state index contributed by atoms with van der Waals surface area (Å²) < 4.78 is 5.35. The highest BCUT2D eigenvalue weighted by atomic mass is 16.5. The predicted octanol–water partition coefficient (Wildman–Crippen LogP) is 1.66. The molecule has 1 aromatic carbocycles. The van der Waals surface area contributed by atoms with E-state index in [1.807, 2.05) is 18.2 Å². The largest absolute Gasteiger partial charge is 0.482 e. The van der Waals surface area contributed by atoms with E-state index < -0.39 is 0 Å². The van der Waals surface area contributed by atoms with Gasteiger partial charge in [0, 0.05) is 18.4 Å². The summed E-state index contributed by atoms with van der Waals surface area (Å²) in [5.74, 6) is 1.33. The van der Waals surface area contributed by atoms with Crippen molar-refractivity contribution in [3.8, 4) is 5.75 Å². The number of carbonyl (C=O) groups is 1. The molecule has 2 heterocycles.